The molecule has 9 N–H and O–H groups in total. The summed E-state index contributed by atoms with van der Waals surface area (Å²) in [5.41, 5.74) is 6.94. The van der Waals surface area contributed by atoms with E-state index in [0.717, 1.165) is 0 Å². The molecular formula is C3H11N9. The molecule has 0 amide bonds. The summed E-state index contributed by atoms with van der Waals surface area (Å²) < 4.78 is 0. The summed E-state index contributed by atoms with van der Waals surface area (Å²) in [6.07, 6.45) is 0.854. The van der Waals surface area contributed by atoms with Gasteiger partial charge in [-0.3, -0.25) is 17.1 Å². The zero-order valence-electron chi connectivity index (χ0n) is 6.23. The minimum absolute atomic E-state index is 0.315. The predicted molar refractivity (Wildman–Crippen MR) is 43.5 cm³/mol. The summed E-state index contributed by atoms with van der Waals surface area (Å²) in [4.78, 5) is 7.74. The first-order valence-electron chi connectivity index (χ1n) is 3.11. The molecule has 1 rings (SSSR count). The zero-order chi connectivity index (χ0) is 8.97. The van der Waals surface area contributed by atoms with Crippen LogP contribution in [0.3, 0.4) is 0 Å². The molecular weight excluding hydrogens is 162 g/mol. The van der Waals surface area contributed by atoms with Crippen molar-refractivity contribution in [2.45, 2.75) is 6.29 Å². The van der Waals surface area contributed by atoms with Crippen molar-refractivity contribution in [1.29, 1.82) is 0 Å². The Labute approximate surface area is 68.6 Å². The molecule has 1 aliphatic rings. The standard InChI is InChI=1S/C3H11N9/c4-9-2-7-1-12(11-6)3(8-2)10-5/h1-2,9,11H,4-6H2,(H,8,10). The fourth-order valence-electron chi connectivity index (χ4n) is 0.677. The van der Waals surface area contributed by atoms with E-state index in [1.165, 1.54) is 11.3 Å². The number of hydrazine groups is 4. The van der Waals surface area contributed by atoms with Gasteiger partial charge in [-0.15, -0.1) is 0 Å². The van der Waals surface area contributed by atoms with Crippen LogP contribution in [-0.2, 0) is 0 Å². The molecule has 1 atom stereocenters. The number of aliphatic imine (C=N–C) groups is 2. The Morgan fingerprint density at radius 1 is 1.42 bits per heavy atom. The van der Waals surface area contributed by atoms with E-state index in [4.69, 9.17) is 17.5 Å². The van der Waals surface area contributed by atoms with Gasteiger partial charge >= 0.3 is 0 Å². The minimum Gasteiger partial charge on any atom is -0.293 e. The number of hydrogen-bond acceptors (Lipinski definition) is 9. The van der Waals surface area contributed by atoms with Crippen molar-refractivity contribution in [3.8, 4) is 0 Å². The van der Waals surface area contributed by atoms with Gasteiger partial charge in [0.05, 0.1) is 0 Å². The maximum Gasteiger partial charge on any atom is 0.233 e. The number of nitrogens with one attached hydrogen (secondary N) is 3. The molecule has 1 unspecified atom stereocenters. The van der Waals surface area contributed by atoms with E-state index in [0.29, 0.717) is 5.96 Å². The van der Waals surface area contributed by atoms with Crippen LogP contribution in [-0.4, -0.2) is 23.6 Å². The molecule has 0 radical (unpaired) electrons. The molecule has 0 saturated heterocycles. The Morgan fingerprint density at radius 2 is 2.17 bits per heavy atom. The lowest BCUT2D eigenvalue weighted by Crippen LogP contribution is -2.56. The summed E-state index contributed by atoms with van der Waals surface area (Å²) in [6.45, 7) is 0. The van der Waals surface area contributed by atoms with Gasteiger partial charge in [-0.2, -0.15) is 5.53 Å². The maximum atomic E-state index is 5.14. The average Bonchev–Trinajstić information content (AvgIpc) is 2.16. The second-order valence-corrected chi connectivity index (χ2v) is 1.90. The number of hydrogen-bond donors (Lipinski definition) is 6. The van der Waals surface area contributed by atoms with Gasteiger partial charge in [0.15, 0.2) is 0 Å². The van der Waals surface area contributed by atoms with Gasteiger partial charge in [-0.25, -0.2) is 26.3 Å². The molecule has 0 saturated carbocycles. The van der Waals surface area contributed by atoms with E-state index < -0.39 is 6.29 Å². The lowest BCUT2D eigenvalue weighted by Gasteiger charge is -2.23. The van der Waals surface area contributed by atoms with Gasteiger partial charge < -0.3 is 0 Å². The Kier molecular flexibility index (Phi) is 2.90. The molecule has 0 aliphatic carbocycles. The van der Waals surface area contributed by atoms with Crippen molar-refractivity contribution in [3.05, 3.63) is 0 Å². The Morgan fingerprint density at radius 3 is 2.67 bits per heavy atom. The van der Waals surface area contributed by atoms with Crippen LogP contribution in [0.2, 0.25) is 0 Å². The van der Waals surface area contributed by atoms with Crippen LogP contribution in [0.5, 0.6) is 0 Å². The van der Waals surface area contributed by atoms with Gasteiger partial charge in [0.2, 0.25) is 12.2 Å². The van der Waals surface area contributed by atoms with Gasteiger partial charge in [0.1, 0.15) is 6.34 Å². The first kappa shape index (κ1) is 8.83. The smallest absolute Gasteiger partial charge is 0.233 e. The first-order valence-corrected chi connectivity index (χ1v) is 3.11. The molecule has 9 heteroatoms. The lowest BCUT2D eigenvalue weighted by atomic mass is 10.7. The molecule has 9 nitrogen and oxygen atoms in total. The second-order valence-electron chi connectivity index (χ2n) is 1.90. The number of nitrogens with two attached hydrogens (primary N) is 3. The number of nitrogens with zero attached hydrogens (tertiary/aromatic N) is 3. The predicted octanol–water partition coefficient (Wildman–Crippen LogP) is -3.73. The van der Waals surface area contributed by atoms with Crippen LogP contribution in [0.4, 0.5) is 0 Å². The summed E-state index contributed by atoms with van der Waals surface area (Å²) in [6, 6.07) is 0. The summed E-state index contributed by atoms with van der Waals surface area (Å²) in [5.74, 6) is 15.7. The third-order valence-electron chi connectivity index (χ3n) is 1.21. The van der Waals surface area contributed by atoms with Gasteiger partial charge in [-0.05, 0) is 0 Å². The van der Waals surface area contributed by atoms with Crippen molar-refractivity contribution in [2.24, 2.45) is 27.5 Å². The molecule has 0 bridgehead atoms. The Hall–Kier alpha value is -1.26. The highest BCUT2D eigenvalue weighted by molar-refractivity contribution is 5.90. The third-order valence-corrected chi connectivity index (χ3v) is 1.21. The number of guanidine groups is 1. The lowest BCUT2D eigenvalue weighted by molar-refractivity contribution is 0.421. The maximum absolute atomic E-state index is 5.14. The molecule has 0 fully saturated rings. The SMILES string of the molecule is NNC1=NC(NN)N=CN1NN. The van der Waals surface area contributed by atoms with E-state index >= 15 is 0 Å². The second kappa shape index (κ2) is 3.94. The highest BCUT2D eigenvalue weighted by Crippen LogP contribution is 1.94. The van der Waals surface area contributed by atoms with Crippen molar-refractivity contribution >= 4 is 12.3 Å². The molecule has 0 aromatic heterocycles. The minimum atomic E-state index is -0.541. The molecule has 12 heavy (non-hydrogen) atoms. The van der Waals surface area contributed by atoms with Crippen molar-refractivity contribution in [3.63, 3.8) is 0 Å². The van der Waals surface area contributed by atoms with E-state index in [-0.39, 0.29) is 0 Å². The van der Waals surface area contributed by atoms with Crippen LogP contribution in [0.15, 0.2) is 9.98 Å². The van der Waals surface area contributed by atoms with Crippen LogP contribution < -0.4 is 33.9 Å². The monoisotopic (exact) mass is 173 g/mol. The van der Waals surface area contributed by atoms with E-state index in [1.807, 2.05) is 0 Å². The van der Waals surface area contributed by atoms with Crippen LogP contribution in [0, 0.1) is 0 Å². The average molecular weight is 173 g/mol. The van der Waals surface area contributed by atoms with Crippen LogP contribution in [0.1, 0.15) is 0 Å². The van der Waals surface area contributed by atoms with E-state index in [2.05, 4.69) is 26.4 Å². The van der Waals surface area contributed by atoms with Gasteiger partial charge in [-0.1, -0.05) is 0 Å². The highest BCUT2D eigenvalue weighted by atomic mass is 15.7. The first-order chi connectivity index (χ1) is 5.81. The van der Waals surface area contributed by atoms with Crippen molar-refractivity contribution < 1.29 is 0 Å². The van der Waals surface area contributed by atoms with Gasteiger partial charge in [0, 0.05) is 0 Å². The van der Waals surface area contributed by atoms with Crippen LogP contribution >= 0.6 is 0 Å². The highest BCUT2D eigenvalue weighted by Gasteiger charge is 2.14. The largest absolute Gasteiger partial charge is 0.293 e. The summed E-state index contributed by atoms with van der Waals surface area (Å²) >= 11 is 0. The molecule has 0 aromatic carbocycles. The van der Waals surface area contributed by atoms with Gasteiger partial charge in [0.25, 0.3) is 0 Å². The molecule has 1 aliphatic heterocycles. The number of rotatable bonds is 2. The normalized spacial score (nSPS) is 22.4. The summed E-state index contributed by atoms with van der Waals surface area (Å²) in [7, 11) is 0. The zero-order valence-corrected chi connectivity index (χ0v) is 6.23. The van der Waals surface area contributed by atoms with Crippen molar-refractivity contribution in [1.82, 2.24) is 21.4 Å². The fourth-order valence-corrected chi connectivity index (χ4v) is 0.677. The molecule has 0 aromatic rings. The van der Waals surface area contributed by atoms with E-state index in [1.54, 1.807) is 0 Å². The topological polar surface area (TPSA) is 142 Å². The van der Waals surface area contributed by atoms with E-state index in [9.17, 15) is 0 Å². The molecule has 68 valence electrons. The molecule has 0 spiro atoms. The quantitative estimate of drug-likeness (QED) is 0.186. The third kappa shape index (κ3) is 1.66. The Bertz CT molecular complexity index is 196. The fraction of sp³-hybridized carbons (Fsp3) is 0.333. The van der Waals surface area contributed by atoms with Crippen molar-refractivity contribution in [2.75, 3.05) is 0 Å². The summed E-state index contributed by atoms with van der Waals surface area (Å²) in [5, 5.41) is 1.30. The van der Waals surface area contributed by atoms with Crippen LogP contribution in [0.25, 0.3) is 0 Å². The molecule has 1 heterocycles. The Balaban J connectivity index is 2.68.